The van der Waals surface area contributed by atoms with Gasteiger partial charge < -0.3 is 15.3 Å². The SMILES string of the molecule is CCN(CC(C)C)C(=O)NC(C)(C)C(=O)O. The zero-order valence-corrected chi connectivity index (χ0v) is 10.7. The first-order valence-corrected chi connectivity index (χ1v) is 5.51. The summed E-state index contributed by atoms with van der Waals surface area (Å²) in [6.07, 6.45) is 0. The third kappa shape index (κ3) is 4.51. The maximum absolute atomic E-state index is 11.8. The van der Waals surface area contributed by atoms with E-state index in [0.717, 1.165) is 0 Å². The normalized spacial score (nSPS) is 11.4. The quantitative estimate of drug-likeness (QED) is 0.752. The van der Waals surface area contributed by atoms with Gasteiger partial charge in [-0.2, -0.15) is 0 Å². The number of urea groups is 1. The molecule has 2 amide bonds. The topological polar surface area (TPSA) is 69.6 Å². The summed E-state index contributed by atoms with van der Waals surface area (Å²) in [7, 11) is 0. The second-order valence-corrected chi connectivity index (χ2v) is 4.79. The number of amides is 2. The summed E-state index contributed by atoms with van der Waals surface area (Å²) in [5, 5.41) is 11.4. The summed E-state index contributed by atoms with van der Waals surface area (Å²) in [4.78, 5) is 24.2. The second kappa shape index (κ2) is 5.72. The van der Waals surface area contributed by atoms with Crippen LogP contribution in [0.15, 0.2) is 0 Å². The van der Waals surface area contributed by atoms with Gasteiger partial charge in [-0.3, -0.25) is 0 Å². The van der Waals surface area contributed by atoms with Gasteiger partial charge in [-0.25, -0.2) is 9.59 Å². The van der Waals surface area contributed by atoms with E-state index in [0.29, 0.717) is 19.0 Å². The van der Waals surface area contributed by atoms with Gasteiger partial charge in [-0.05, 0) is 26.7 Å². The summed E-state index contributed by atoms with van der Waals surface area (Å²) in [5.74, 6) is -0.680. The van der Waals surface area contributed by atoms with E-state index in [-0.39, 0.29) is 6.03 Å². The number of carbonyl (C=O) groups is 2. The van der Waals surface area contributed by atoms with Gasteiger partial charge in [0.25, 0.3) is 0 Å². The number of carbonyl (C=O) groups excluding carboxylic acids is 1. The number of carboxylic acids is 1. The third-order valence-electron chi connectivity index (χ3n) is 2.21. The van der Waals surface area contributed by atoms with Crippen molar-refractivity contribution >= 4 is 12.0 Å². The fourth-order valence-corrected chi connectivity index (χ4v) is 1.20. The second-order valence-electron chi connectivity index (χ2n) is 4.79. The average molecular weight is 230 g/mol. The van der Waals surface area contributed by atoms with Crippen molar-refractivity contribution in [2.24, 2.45) is 5.92 Å². The highest BCUT2D eigenvalue weighted by Gasteiger charge is 2.30. The first-order chi connectivity index (χ1) is 7.20. The molecule has 0 aliphatic carbocycles. The molecule has 0 unspecified atom stereocenters. The van der Waals surface area contributed by atoms with Crippen molar-refractivity contribution in [3.05, 3.63) is 0 Å². The molecule has 0 atom stereocenters. The minimum atomic E-state index is -1.23. The maximum atomic E-state index is 11.8. The van der Waals surface area contributed by atoms with E-state index in [1.54, 1.807) is 4.90 Å². The summed E-state index contributed by atoms with van der Waals surface area (Å²) in [5.41, 5.74) is -1.23. The monoisotopic (exact) mass is 230 g/mol. The van der Waals surface area contributed by atoms with Gasteiger partial charge in [-0.1, -0.05) is 13.8 Å². The Hall–Kier alpha value is -1.26. The Morgan fingerprint density at radius 1 is 1.38 bits per heavy atom. The van der Waals surface area contributed by atoms with Crippen molar-refractivity contribution in [2.45, 2.75) is 40.2 Å². The van der Waals surface area contributed by atoms with E-state index in [2.05, 4.69) is 5.32 Å². The molecule has 0 rings (SSSR count). The predicted octanol–water partition coefficient (Wildman–Crippen LogP) is 1.54. The number of rotatable bonds is 5. The molecular formula is C11H22N2O3. The smallest absolute Gasteiger partial charge is 0.328 e. The van der Waals surface area contributed by atoms with Crippen molar-refractivity contribution in [3.8, 4) is 0 Å². The number of nitrogens with one attached hydrogen (secondary N) is 1. The van der Waals surface area contributed by atoms with Crippen LogP contribution in [0.4, 0.5) is 4.79 Å². The van der Waals surface area contributed by atoms with Crippen molar-refractivity contribution in [1.82, 2.24) is 10.2 Å². The molecule has 0 aliphatic heterocycles. The Morgan fingerprint density at radius 2 is 1.88 bits per heavy atom. The maximum Gasteiger partial charge on any atom is 0.328 e. The first kappa shape index (κ1) is 14.7. The van der Waals surface area contributed by atoms with Crippen LogP contribution < -0.4 is 5.32 Å². The van der Waals surface area contributed by atoms with E-state index in [1.165, 1.54) is 13.8 Å². The molecule has 0 aliphatic rings. The lowest BCUT2D eigenvalue weighted by Crippen LogP contribution is -2.54. The Labute approximate surface area is 96.8 Å². The molecule has 5 nitrogen and oxygen atoms in total. The molecule has 0 heterocycles. The molecule has 2 N–H and O–H groups in total. The van der Waals surface area contributed by atoms with Gasteiger partial charge in [0.1, 0.15) is 5.54 Å². The minimum Gasteiger partial charge on any atom is -0.480 e. The highest BCUT2D eigenvalue weighted by atomic mass is 16.4. The Balaban J connectivity index is 4.48. The predicted molar refractivity (Wildman–Crippen MR) is 62.3 cm³/mol. The van der Waals surface area contributed by atoms with Crippen LogP contribution in [-0.4, -0.2) is 40.6 Å². The van der Waals surface area contributed by atoms with Crippen LogP contribution in [0.2, 0.25) is 0 Å². The molecule has 0 bridgehead atoms. The van der Waals surface area contributed by atoms with Gasteiger partial charge in [0.2, 0.25) is 0 Å². The Bertz CT molecular complexity index is 262. The lowest BCUT2D eigenvalue weighted by atomic mass is 10.1. The van der Waals surface area contributed by atoms with Crippen LogP contribution in [0.25, 0.3) is 0 Å². The fraction of sp³-hybridized carbons (Fsp3) is 0.818. The van der Waals surface area contributed by atoms with Gasteiger partial charge in [0, 0.05) is 13.1 Å². The number of hydrogen-bond donors (Lipinski definition) is 2. The van der Waals surface area contributed by atoms with E-state index in [4.69, 9.17) is 5.11 Å². The standard InChI is InChI=1S/C11H22N2O3/c1-6-13(7-8(2)3)10(16)12-11(4,5)9(14)15/h8H,6-7H2,1-5H3,(H,12,16)(H,14,15). The van der Waals surface area contributed by atoms with E-state index < -0.39 is 11.5 Å². The summed E-state index contributed by atoms with van der Waals surface area (Å²) >= 11 is 0. The highest BCUT2D eigenvalue weighted by molar-refractivity contribution is 5.85. The Morgan fingerprint density at radius 3 is 2.19 bits per heavy atom. The largest absolute Gasteiger partial charge is 0.480 e. The van der Waals surface area contributed by atoms with Gasteiger partial charge in [0.15, 0.2) is 0 Å². The zero-order chi connectivity index (χ0) is 12.9. The summed E-state index contributed by atoms with van der Waals surface area (Å²) in [6.45, 7) is 10.0. The number of nitrogens with zero attached hydrogens (tertiary/aromatic N) is 1. The van der Waals surface area contributed by atoms with Crippen molar-refractivity contribution in [3.63, 3.8) is 0 Å². The lowest BCUT2D eigenvalue weighted by molar-refractivity contribution is -0.143. The molecular weight excluding hydrogens is 208 g/mol. The van der Waals surface area contributed by atoms with Gasteiger partial charge >= 0.3 is 12.0 Å². The molecule has 0 fully saturated rings. The van der Waals surface area contributed by atoms with Crippen molar-refractivity contribution in [1.29, 1.82) is 0 Å². The molecule has 94 valence electrons. The molecule has 0 spiro atoms. The van der Waals surface area contributed by atoms with Crippen LogP contribution in [0.3, 0.4) is 0 Å². The highest BCUT2D eigenvalue weighted by Crippen LogP contribution is 2.05. The van der Waals surface area contributed by atoms with Crippen LogP contribution in [0.5, 0.6) is 0 Å². The third-order valence-corrected chi connectivity index (χ3v) is 2.21. The van der Waals surface area contributed by atoms with Crippen LogP contribution >= 0.6 is 0 Å². The molecule has 16 heavy (non-hydrogen) atoms. The van der Waals surface area contributed by atoms with Crippen LogP contribution in [-0.2, 0) is 4.79 Å². The van der Waals surface area contributed by atoms with Gasteiger partial charge in [-0.15, -0.1) is 0 Å². The van der Waals surface area contributed by atoms with Crippen LogP contribution in [0.1, 0.15) is 34.6 Å². The zero-order valence-electron chi connectivity index (χ0n) is 10.7. The molecule has 0 saturated carbocycles. The Kier molecular flexibility index (Phi) is 5.27. The van der Waals surface area contributed by atoms with E-state index >= 15 is 0 Å². The molecule has 0 radical (unpaired) electrons. The van der Waals surface area contributed by atoms with E-state index in [1.807, 2.05) is 20.8 Å². The van der Waals surface area contributed by atoms with Crippen molar-refractivity contribution < 1.29 is 14.7 Å². The molecule has 0 aromatic rings. The summed E-state index contributed by atoms with van der Waals surface area (Å²) < 4.78 is 0. The van der Waals surface area contributed by atoms with Crippen LogP contribution in [0, 0.1) is 5.92 Å². The van der Waals surface area contributed by atoms with Crippen molar-refractivity contribution in [2.75, 3.05) is 13.1 Å². The molecule has 5 heteroatoms. The number of hydrogen-bond acceptors (Lipinski definition) is 2. The number of aliphatic carboxylic acids is 1. The molecule has 0 aromatic carbocycles. The van der Waals surface area contributed by atoms with Gasteiger partial charge in [0.05, 0.1) is 0 Å². The summed E-state index contributed by atoms with van der Waals surface area (Å²) in [6, 6.07) is -0.330. The molecule has 0 saturated heterocycles. The fourth-order valence-electron chi connectivity index (χ4n) is 1.20. The lowest BCUT2D eigenvalue weighted by Gasteiger charge is -2.28. The molecule has 0 aromatic heterocycles. The first-order valence-electron chi connectivity index (χ1n) is 5.51. The number of carboxylic acid groups (broad SMARTS) is 1. The van der Waals surface area contributed by atoms with E-state index in [9.17, 15) is 9.59 Å². The minimum absolute atomic E-state index is 0.330. The average Bonchev–Trinajstić information content (AvgIpc) is 2.12.